The van der Waals surface area contributed by atoms with Crippen molar-refractivity contribution in [1.29, 1.82) is 0 Å². The number of halogens is 1. The Labute approximate surface area is 114 Å². The largest absolute Gasteiger partial charge is 0.490 e. The lowest BCUT2D eigenvalue weighted by molar-refractivity contribution is 0.324. The highest BCUT2D eigenvalue weighted by Crippen LogP contribution is 2.36. The van der Waals surface area contributed by atoms with Crippen LogP contribution in [0.3, 0.4) is 0 Å². The third-order valence-electron chi connectivity index (χ3n) is 2.76. The summed E-state index contributed by atoms with van der Waals surface area (Å²) in [6, 6.07) is 6.86. The summed E-state index contributed by atoms with van der Waals surface area (Å²) in [5.41, 5.74) is 0. The van der Waals surface area contributed by atoms with Crippen LogP contribution in [-0.2, 0) is 0 Å². The fourth-order valence-electron chi connectivity index (χ4n) is 1.68. The van der Waals surface area contributed by atoms with E-state index in [1.54, 1.807) is 18.2 Å². The zero-order chi connectivity index (χ0) is 13.1. The van der Waals surface area contributed by atoms with Gasteiger partial charge in [0.15, 0.2) is 11.6 Å². The van der Waals surface area contributed by atoms with Crippen molar-refractivity contribution in [2.45, 2.75) is 24.0 Å². The molecule has 2 aromatic rings. The second-order valence-corrected chi connectivity index (χ2v) is 5.33. The Balaban J connectivity index is 1.48. The minimum Gasteiger partial charge on any atom is -0.490 e. The quantitative estimate of drug-likeness (QED) is 0.600. The van der Waals surface area contributed by atoms with Crippen LogP contribution in [0.15, 0.2) is 29.4 Å². The second-order valence-electron chi connectivity index (χ2n) is 4.26. The van der Waals surface area contributed by atoms with Gasteiger partial charge in [0.05, 0.1) is 12.6 Å². The van der Waals surface area contributed by atoms with Crippen LogP contribution in [-0.4, -0.2) is 32.6 Å². The molecule has 0 unspecified atom stereocenters. The van der Waals surface area contributed by atoms with E-state index >= 15 is 0 Å². The van der Waals surface area contributed by atoms with Gasteiger partial charge in [-0.25, -0.2) is 9.07 Å². The number of nitrogens with zero attached hydrogens (tertiary/aromatic N) is 4. The van der Waals surface area contributed by atoms with Gasteiger partial charge in [-0.2, -0.15) is 0 Å². The number of tetrazole rings is 1. The van der Waals surface area contributed by atoms with Crippen molar-refractivity contribution in [1.82, 2.24) is 20.2 Å². The molecule has 0 saturated heterocycles. The molecule has 1 aromatic heterocycles. The fourth-order valence-corrected chi connectivity index (χ4v) is 2.44. The molecule has 0 N–H and O–H groups in total. The van der Waals surface area contributed by atoms with Crippen LogP contribution in [0.5, 0.6) is 5.75 Å². The molecule has 0 bridgehead atoms. The van der Waals surface area contributed by atoms with Crippen LogP contribution in [0.25, 0.3) is 0 Å². The highest BCUT2D eigenvalue weighted by molar-refractivity contribution is 7.99. The number of ether oxygens (including phenoxy) is 1. The molecule has 1 heterocycles. The highest BCUT2D eigenvalue weighted by atomic mass is 32.2. The van der Waals surface area contributed by atoms with E-state index in [4.69, 9.17) is 4.74 Å². The van der Waals surface area contributed by atoms with E-state index in [-0.39, 0.29) is 11.6 Å². The Bertz CT molecular complexity index is 558. The molecule has 19 heavy (non-hydrogen) atoms. The lowest BCUT2D eigenvalue weighted by atomic mass is 10.3. The number of rotatable bonds is 6. The molecule has 5 nitrogen and oxygen atoms in total. The van der Waals surface area contributed by atoms with Crippen LogP contribution in [0, 0.1) is 5.82 Å². The first-order chi connectivity index (χ1) is 9.34. The van der Waals surface area contributed by atoms with Crippen molar-refractivity contribution in [3.05, 3.63) is 30.1 Å². The summed E-state index contributed by atoms with van der Waals surface area (Å²) in [7, 11) is 0. The lowest BCUT2D eigenvalue weighted by Gasteiger charge is -2.06. The van der Waals surface area contributed by atoms with Gasteiger partial charge >= 0.3 is 0 Å². The van der Waals surface area contributed by atoms with Crippen LogP contribution in [0.4, 0.5) is 4.39 Å². The van der Waals surface area contributed by atoms with Crippen molar-refractivity contribution in [2.75, 3.05) is 12.4 Å². The number of aromatic nitrogens is 4. The van der Waals surface area contributed by atoms with Gasteiger partial charge in [0.1, 0.15) is 0 Å². The van der Waals surface area contributed by atoms with Gasteiger partial charge < -0.3 is 4.74 Å². The standard InChI is InChI=1S/C12H13FN4OS/c13-10-3-1-2-4-11(10)18-7-8-19-12-14-15-16-17(12)9-5-6-9/h1-4,9H,5-8H2. The number of para-hydroxylation sites is 1. The van der Waals surface area contributed by atoms with E-state index < -0.39 is 0 Å². The SMILES string of the molecule is Fc1ccccc1OCCSc1nnnn1C1CC1. The Hall–Kier alpha value is -1.63. The van der Waals surface area contributed by atoms with Gasteiger partial charge in [-0.15, -0.1) is 5.10 Å². The van der Waals surface area contributed by atoms with Crippen molar-refractivity contribution in [3.63, 3.8) is 0 Å². The van der Waals surface area contributed by atoms with E-state index in [1.807, 2.05) is 4.68 Å². The van der Waals surface area contributed by atoms with Crippen LogP contribution in [0.1, 0.15) is 18.9 Å². The number of thioether (sulfide) groups is 1. The summed E-state index contributed by atoms with van der Waals surface area (Å²) in [4.78, 5) is 0. The van der Waals surface area contributed by atoms with Crippen molar-refractivity contribution in [3.8, 4) is 5.75 Å². The Morgan fingerprint density at radius 2 is 2.21 bits per heavy atom. The van der Waals surface area contributed by atoms with Gasteiger partial charge in [-0.1, -0.05) is 23.9 Å². The monoisotopic (exact) mass is 280 g/mol. The lowest BCUT2D eigenvalue weighted by Crippen LogP contribution is -2.04. The predicted octanol–water partition coefficient (Wildman–Crippen LogP) is 2.32. The third-order valence-corrected chi connectivity index (χ3v) is 3.66. The van der Waals surface area contributed by atoms with Gasteiger partial charge in [-0.05, 0) is 35.4 Å². The summed E-state index contributed by atoms with van der Waals surface area (Å²) in [5, 5.41) is 12.4. The zero-order valence-electron chi connectivity index (χ0n) is 10.2. The minimum absolute atomic E-state index is 0.282. The fraction of sp³-hybridized carbons (Fsp3) is 0.417. The van der Waals surface area contributed by atoms with Gasteiger partial charge in [0.25, 0.3) is 0 Å². The number of benzene rings is 1. The number of hydrogen-bond acceptors (Lipinski definition) is 5. The first-order valence-electron chi connectivity index (χ1n) is 6.12. The molecule has 0 spiro atoms. The molecule has 1 aliphatic rings. The van der Waals surface area contributed by atoms with Gasteiger partial charge in [0.2, 0.25) is 5.16 Å². The van der Waals surface area contributed by atoms with Crippen molar-refractivity contribution >= 4 is 11.8 Å². The van der Waals surface area contributed by atoms with Crippen molar-refractivity contribution in [2.24, 2.45) is 0 Å². The van der Waals surface area contributed by atoms with Crippen LogP contribution < -0.4 is 4.74 Å². The Kier molecular flexibility index (Phi) is 3.63. The average molecular weight is 280 g/mol. The van der Waals surface area contributed by atoms with E-state index in [1.165, 1.54) is 17.8 Å². The maximum Gasteiger partial charge on any atom is 0.209 e. The average Bonchev–Trinajstić information content (AvgIpc) is 3.16. The van der Waals surface area contributed by atoms with Gasteiger partial charge in [0, 0.05) is 5.75 Å². The summed E-state index contributed by atoms with van der Waals surface area (Å²) < 4.78 is 20.5. The molecular weight excluding hydrogens is 267 g/mol. The summed E-state index contributed by atoms with van der Waals surface area (Å²) in [6.07, 6.45) is 2.29. The molecule has 3 rings (SSSR count). The van der Waals surface area contributed by atoms with E-state index in [2.05, 4.69) is 15.5 Å². The first kappa shape index (κ1) is 12.4. The minimum atomic E-state index is -0.338. The smallest absolute Gasteiger partial charge is 0.209 e. The normalized spacial score (nSPS) is 14.6. The van der Waals surface area contributed by atoms with Crippen molar-refractivity contribution < 1.29 is 9.13 Å². The molecule has 1 fully saturated rings. The van der Waals surface area contributed by atoms with E-state index in [0.717, 1.165) is 18.0 Å². The highest BCUT2D eigenvalue weighted by Gasteiger charge is 2.27. The van der Waals surface area contributed by atoms with Gasteiger partial charge in [-0.3, -0.25) is 0 Å². The molecule has 1 aromatic carbocycles. The topological polar surface area (TPSA) is 52.8 Å². The van der Waals surface area contributed by atoms with E-state index in [0.29, 0.717) is 18.4 Å². The molecule has 100 valence electrons. The maximum absolute atomic E-state index is 13.3. The molecule has 1 aliphatic carbocycles. The zero-order valence-corrected chi connectivity index (χ0v) is 11.0. The second kappa shape index (κ2) is 5.56. The molecule has 0 aliphatic heterocycles. The molecule has 0 atom stereocenters. The maximum atomic E-state index is 13.3. The Morgan fingerprint density at radius 1 is 1.37 bits per heavy atom. The number of hydrogen-bond donors (Lipinski definition) is 0. The molecule has 0 amide bonds. The van der Waals surface area contributed by atoms with Crippen LogP contribution in [0.2, 0.25) is 0 Å². The first-order valence-corrected chi connectivity index (χ1v) is 7.11. The molecular formula is C12H13FN4OS. The predicted molar refractivity (Wildman–Crippen MR) is 68.7 cm³/mol. The molecule has 1 saturated carbocycles. The summed E-state index contributed by atoms with van der Waals surface area (Å²) in [5.74, 6) is 0.627. The summed E-state index contributed by atoms with van der Waals surface area (Å²) in [6.45, 7) is 0.420. The van der Waals surface area contributed by atoms with Crippen LogP contribution >= 0.6 is 11.8 Å². The molecule has 7 heteroatoms. The Morgan fingerprint density at radius 3 is 3.00 bits per heavy atom. The summed E-state index contributed by atoms with van der Waals surface area (Å²) >= 11 is 1.53. The third kappa shape index (κ3) is 3.04. The molecule has 0 radical (unpaired) electrons. The van der Waals surface area contributed by atoms with E-state index in [9.17, 15) is 4.39 Å².